The predicted octanol–water partition coefficient (Wildman–Crippen LogP) is 1.91. The van der Waals surface area contributed by atoms with E-state index in [1.165, 1.54) is 4.31 Å². The van der Waals surface area contributed by atoms with Crippen molar-refractivity contribution in [2.75, 3.05) is 73.3 Å². The molecule has 0 spiro atoms. The lowest BCUT2D eigenvalue weighted by Gasteiger charge is -2.27. The summed E-state index contributed by atoms with van der Waals surface area (Å²) in [5.74, 6) is 0.795. The van der Waals surface area contributed by atoms with Crippen molar-refractivity contribution in [2.24, 2.45) is 0 Å². The van der Waals surface area contributed by atoms with E-state index in [9.17, 15) is 13.2 Å². The van der Waals surface area contributed by atoms with Gasteiger partial charge in [0.2, 0.25) is 15.9 Å². The summed E-state index contributed by atoms with van der Waals surface area (Å²) in [5.41, 5.74) is 1.42. The number of aryl methyl sites for hydroxylation is 2. The molecule has 2 aliphatic rings. The quantitative estimate of drug-likeness (QED) is 0.540. The summed E-state index contributed by atoms with van der Waals surface area (Å²) in [6, 6.07) is 4.04. The zero-order valence-corrected chi connectivity index (χ0v) is 22.3. The summed E-state index contributed by atoms with van der Waals surface area (Å²) in [6.07, 6.45) is 1.09. The number of rotatable bonds is 8. The molecular weight excluding hydrogens is 458 g/mol. The van der Waals surface area contributed by atoms with Crippen LogP contribution in [0.4, 0.5) is 0 Å². The number of likely N-dealkylation sites (N-methyl/N-ethyl adjacent to an activating group) is 1. The SMILES string of the molecule is CCN(CC)C1CCN(C(=O)COC)C1.COc1cc(C)c(S(=O)(=O)N2CCOCC2)c(C)c1. The molecule has 10 heteroatoms. The van der Waals surface area contributed by atoms with Gasteiger partial charge in [0.05, 0.1) is 25.2 Å². The Hall–Kier alpha value is -1.72. The average molecular weight is 500 g/mol. The molecule has 0 saturated carbocycles. The maximum absolute atomic E-state index is 12.7. The second-order valence-electron chi connectivity index (χ2n) is 8.54. The van der Waals surface area contributed by atoms with Gasteiger partial charge in [-0.3, -0.25) is 9.69 Å². The fourth-order valence-electron chi connectivity index (χ4n) is 4.57. The topological polar surface area (TPSA) is 88.6 Å². The Morgan fingerprint density at radius 2 is 1.68 bits per heavy atom. The first-order valence-corrected chi connectivity index (χ1v) is 13.4. The minimum absolute atomic E-state index is 0.118. The van der Waals surface area contributed by atoms with Crippen LogP contribution in [0.5, 0.6) is 5.75 Å². The van der Waals surface area contributed by atoms with Crippen LogP contribution in [0.25, 0.3) is 0 Å². The van der Waals surface area contributed by atoms with Gasteiger partial charge in [-0.2, -0.15) is 4.31 Å². The summed E-state index contributed by atoms with van der Waals surface area (Å²) in [7, 11) is -0.311. The number of ether oxygens (including phenoxy) is 3. The molecule has 34 heavy (non-hydrogen) atoms. The van der Waals surface area contributed by atoms with Crippen molar-refractivity contribution in [3.05, 3.63) is 23.3 Å². The van der Waals surface area contributed by atoms with Gasteiger partial charge >= 0.3 is 0 Å². The van der Waals surface area contributed by atoms with Crippen LogP contribution < -0.4 is 4.74 Å². The molecule has 1 unspecified atom stereocenters. The van der Waals surface area contributed by atoms with Crippen molar-refractivity contribution in [1.82, 2.24) is 14.1 Å². The Kier molecular flexibility index (Phi) is 11.2. The Morgan fingerprint density at radius 1 is 1.09 bits per heavy atom. The molecule has 0 bridgehead atoms. The van der Waals surface area contributed by atoms with E-state index in [0.29, 0.717) is 54.1 Å². The first-order chi connectivity index (χ1) is 16.2. The lowest BCUT2D eigenvalue weighted by atomic mass is 10.1. The first-order valence-electron chi connectivity index (χ1n) is 11.9. The molecule has 9 nitrogen and oxygen atoms in total. The van der Waals surface area contributed by atoms with Gasteiger partial charge in [0.25, 0.3) is 0 Å². The molecule has 2 heterocycles. The van der Waals surface area contributed by atoms with Crippen molar-refractivity contribution < 1.29 is 27.4 Å². The van der Waals surface area contributed by atoms with Crippen LogP contribution in [0, 0.1) is 13.8 Å². The number of likely N-dealkylation sites (tertiary alicyclic amines) is 1. The van der Waals surface area contributed by atoms with E-state index in [2.05, 4.69) is 18.7 Å². The zero-order chi connectivity index (χ0) is 25.3. The van der Waals surface area contributed by atoms with Gasteiger partial charge in [0, 0.05) is 39.3 Å². The highest BCUT2D eigenvalue weighted by atomic mass is 32.2. The van der Waals surface area contributed by atoms with Gasteiger partial charge in [-0.1, -0.05) is 13.8 Å². The molecule has 1 atom stereocenters. The van der Waals surface area contributed by atoms with Crippen molar-refractivity contribution in [3.8, 4) is 5.75 Å². The summed E-state index contributed by atoms with van der Waals surface area (Å²) in [4.78, 5) is 16.3. The summed E-state index contributed by atoms with van der Waals surface area (Å²) in [6.45, 7) is 13.7. The van der Waals surface area contributed by atoms with Crippen LogP contribution >= 0.6 is 0 Å². The molecule has 0 aliphatic carbocycles. The van der Waals surface area contributed by atoms with Gasteiger partial charge in [-0.25, -0.2) is 8.42 Å². The Balaban J connectivity index is 0.000000248. The van der Waals surface area contributed by atoms with Crippen LogP contribution in [-0.4, -0.2) is 108 Å². The molecular formula is C24H41N3O6S. The van der Waals surface area contributed by atoms with E-state index in [-0.39, 0.29) is 12.5 Å². The monoisotopic (exact) mass is 499 g/mol. The Bertz CT molecular complexity index is 875. The van der Waals surface area contributed by atoms with Gasteiger partial charge in [0.15, 0.2) is 0 Å². The van der Waals surface area contributed by atoms with Crippen molar-refractivity contribution in [1.29, 1.82) is 0 Å². The van der Waals surface area contributed by atoms with Crippen LogP contribution in [-0.2, 0) is 24.3 Å². The normalized spacial score (nSPS) is 19.1. The summed E-state index contributed by atoms with van der Waals surface area (Å²) in [5, 5.41) is 0. The molecule has 3 rings (SSSR count). The Labute approximate surface area is 205 Å². The number of hydrogen-bond donors (Lipinski definition) is 0. The lowest BCUT2D eigenvalue weighted by Crippen LogP contribution is -2.41. The number of methoxy groups -OCH3 is 2. The van der Waals surface area contributed by atoms with Gasteiger partial charge in [-0.15, -0.1) is 0 Å². The van der Waals surface area contributed by atoms with E-state index in [0.717, 1.165) is 32.6 Å². The molecule has 1 aromatic rings. The predicted molar refractivity (Wildman–Crippen MR) is 132 cm³/mol. The molecule has 0 radical (unpaired) electrons. The van der Waals surface area contributed by atoms with Gasteiger partial charge in [-0.05, 0) is 56.6 Å². The average Bonchev–Trinajstić information content (AvgIpc) is 3.30. The maximum atomic E-state index is 12.7. The first kappa shape index (κ1) is 28.5. The number of amides is 1. The van der Waals surface area contributed by atoms with Crippen molar-refractivity contribution in [2.45, 2.75) is 45.1 Å². The van der Waals surface area contributed by atoms with E-state index in [1.807, 2.05) is 4.90 Å². The van der Waals surface area contributed by atoms with Crippen LogP contribution in [0.2, 0.25) is 0 Å². The number of nitrogens with zero attached hydrogens (tertiary/aromatic N) is 3. The molecule has 2 aliphatic heterocycles. The molecule has 0 aromatic heterocycles. The van der Waals surface area contributed by atoms with Gasteiger partial charge < -0.3 is 19.1 Å². The number of carbonyl (C=O) groups excluding carboxylic acids is 1. The maximum Gasteiger partial charge on any atom is 0.248 e. The third kappa shape index (κ3) is 7.14. The number of sulfonamides is 1. The number of morpholine rings is 1. The van der Waals surface area contributed by atoms with E-state index >= 15 is 0 Å². The number of hydrogen-bond acceptors (Lipinski definition) is 7. The van der Waals surface area contributed by atoms with Gasteiger partial charge in [0.1, 0.15) is 12.4 Å². The Morgan fingerprint density at radius 3 is 2.18 bits per heavy atom. The zero-order valence-electron chi connectivity index (χ0n) is 21.5. The molecule has 1 amide bonds. The number of benzene rings is 1. The molecule has 2 fully saturated rings. The molecule has 1 aromatic carbocycles. The second kappa shape index (κ2) is 13.4. The third-order valence-electron chi connectivity index (χ3n) is 6.35. The highest BCUT2D eigenvalue weighted by molar-refractivity contribution is 7.89. The third-order valence-corrected chi connectivity index (χ3v) is 8.55. The van der Waals surface area contributed by atoms with Crippen LogP contribution in [0.3, 0.4) is 0 Å². The smallest absolute Gasteiger partial charge is 0.248 e. The van der Waals surface area contributed by atoms with Crippen molar-refractivity contribution in [3.63, 3.8) is 0 Å². The van der Waals surface area contributed by atoms with Crippen LogP contribution in [0.15, 0.2) is 17.0 Å². The highest BCUT2D eigenvalue weighted by Crippen LogP contribution is 2.28. The minimum Gasteiger partial charge on any atom is -0.497 e. The largest absolute Gasteiger partial charge is 0.497 e. The standard InChI is InChI=1S/C13H19NO4S.C11H22N2O2/c1-10-8-12(17-3)9-11(2)13(10)19(15,16)14-4-6-18-7-5-14;1-4-12(5-2)10-6-7-13(8-10)11(14)9-15-3/h8-9H,4-7H2,1-3H3;10H,4-9H2,1-3H3. The summed E-state index contributed by atoms with van der Waals surface area (Å²) >= 11 is 0. The van der Waals surface area contributed by atoms with E-state index < -0.39 is 10.0 Å². The fraction of sp³-hybridized carbons (Fsp3) is 0.708. The fourth-order valence-corrected chi connectivity index (χ4v) is 6.39. The van der Waals surface area contributed by atoms with Crippen LogP contribution in [0.1, 0.15) is 31.4 Å². The second-order valence-corrected chi connectivity index (χ2v) is 10.4. The number of carbonyl (C=O) groups is 1. The lowest BCUT2D eigenvalue weighted by molar-refractivity contribution is -0.134. The van der Waals surface area contributed by atoms with E-state index in [1.54, 1.807) is 40.2 Å². The minimum atomic E-state index is -3.45. The molecule has 0 N–H and O–H groups in total. The molecule has 2 saturated heterocycles. The van der Waals surface area contributed by atoms with E-state index in [4.69, 9.17) is 14.2 Å². The highest BCUT2D eigenvalue weighted by Gasteiger charge is 2.30. The van der Waals surface area contributed by atoms with Crippen molar-refractivity contribution >= 4 is 15.9 Å². The summed E-state index contributed by atoms with van der Waals surface area (Å²) < 4.78 is 42.0. The molecule has 194 valence electrons.